The van der Waals surface area contributed by atoms with Crippen LogP contribution in [0.3, 0.4) is 0 Å². The molecule has 2 heterocycles. The Bertz CT molecular complexity index is 254. The Morgan fingerprint density at radius 2 is 2.07 bits per heavy atom. The van der Waals surface area contributed by atoms with Gasteiger partial charge in [-0.15, -0.1) is 0 Å². The predicted molar refractivity (Wildman–Crippen MR) is 61.2 cm³/mol. The summed E-state index contributed by atoms with van der Waals surface area (Å²) in [5.74, 6) is 0.947. The number of nitrogens with one attached hydrogen (secondary N) is 1. The van der Waals surface area contributed by atoms with Crippen LogP contribution in [-0.4, -0.2) is 28.6 Å². The molecule has 78 valence electrons. The van der Waals surface area contributed by atoms with E-state index >= 15 is 0 Å². The first-order chi connectivity index (χ1) is 6.86. The van der Waals surface area contributed by atoms with Crippen LogP contribution >= 0.6 is 12.2 Å². The van der Waals surface area contributed by atoms with Gasteiger partial charge in [-0.2, -0.15) is 0 Å². The lowest BCUT2D eigenvalue weighted by molar-refractivity contribution is 0.302. The topological polar surface area (TPSA) is 15.3 Å². The van der Waals surface area contributed by atoms with E-state index in [1.807, 2.05) is 0 Å². The quantitative estimate of drug-likeness (QED) is 0.615. The fourth-order valence-electron chi connectivity index (χ4n) is 3.53. The van der Waals surface area contributed by atoms with Crippen molar-refractivity contribution < 1.29 is 0 Å². The molecule has 3 heteroatoms. The molecule has 3 atom stereocenters. The Balaban J connectivity index is 1.82. The second-order valence-corrected chi connectivity index (χ2v) is 5.33. The lowest BCUT2D eigenvalue weighted by atomic mass is 9.94. The molecule has 0 radical (unpaired) electrons. The summed E-state index contributed by atoms with van der Waals surface area (Å²) >= 11 is 5.38. The molecule has 0 amide bonds. The van der Waals surface area contributed by atoms with Crippen molar-refractivity contribution in [2.24, 2.45) is 5.92 Å². The summed E-state index contributed by atoms with van der Waals surface area (Å²) < 4.78 is 0. The fourth-order valence-corrected chi connectivity index (χ4v) is 3.90. The summed E-state index contributed by atoms with van der Waals surface area (Å²) in [6, 6.07) is 1.51. The van der Waals surface area contributed by atoms with Crippen molar-refractivity contribution in [3.8, 4) is 0 Å². The zero-order valence-corrected chi connectivity index (χ0v) is 9.35. The van der Waals surface area contributed by atoms with Gasteiger partial charge in [0, 0.05) is 18.6 Å². The first-order valence-electron chi connectivity index (χ1n) is 5.92. The summed E-state index contributed by atoms with van der Waals surface area (Å²) in [6.45, 7) is 1.10. The summed E-state index contributed by atoms with van der Waals surface area (Å²) in [4.78, 5) is 2.52. The maximum Gasteiger partial charge on any atom is 0.169 e. The van der Waals surface area contributed by atoms with Crippen LogP contribution in [0.4, 0.5) is 0 Å². The van der Waals surface area contributed by atoms with Crippen LogP contribution in [0.5, 0.6) is 0 Å². The van der Waals surface area contributed by atoms with Crippen molar-refractivity contribution in [2.45, 2.75) is 50.6 Å². The highest BCUT2D eigenvalue weighted by Gasteiger charge is 2.45. The molecule has 1 saturated carbocycles. The number of thiocarbonyl (C=S) groups is 1. The van der Waals surface area contributed by atoms with Crippen molar-refractivity contribution in [2.75, 3.05) is 6.54 Å². The van der Waals surface area contributed by atoms with Gasteiger partial charge in [0.25, 0.3) is 0 Å². The molecule has 0 aromatic carbocycles. The number of hydrogen-bond acceptors (Lipinski definition) is 1. The molecule has 1 aliphatic carbocycles. The maximum atomic E-state index is 5.38. The van der Waals surface area contributed by atoms with Crippen molar-refractivity contribution in [3.05, 3.63) is 0 Å². The molecule has 3 rings (SSSR count). The number of hydrogen-bond donors (Lipinski definition) is 1. The van der Waals surface area contributed by atoms with Gasteiger partial charge >= 0.3 is 0 Å². The van der Waals surface area contributed by atoms with E-state index in [9.17, 15) is 0 Å². The normalized spacial score (nSPS) is 41.6. The van der Waals surface area contributed by atoms with E-state index in [1.165, 1.54) is 38.5 Å². The van der Waals surface area contributed by atoms with Crippen molar-refractivity contribution in [1.29, 1.82) is 0 Å². The Hall–Kier alpha value is -0.310. The van der Waals surface area contributed by atoms with E-state index in [-0.39, 0.29) is 0 Å². The molecule has 0 aromatic heterocycles. The van der Waals surface area contributed by atoms with Gasteiger partial charge in [-0.3, -0.25) is 0 Å². The average Bonchev–Trinajstić information content (AvgIpc) is 2.61. The van der Waals surface area contributed by atoms with E-state index in [0.29, 0.717) is 0 Å². The van der Waals surface area contributed by atoms with Gasteiger partial charge in [-0.05, 0) is 37.4 Å². The Labute approximate surface area is 91.0 Å². The minimum atomic E-state index is 0.732. The minimum Gasteiger partial charge on any atom is -0.360 e. The van der Waals surface area contributed by atoms with E-state index in [0.717, 1.165) is 29.7 Å². The van der Waals surface area contributed by atoms with Crippen LogP contribution in [0.2, 0.25) is 0 Å². The third-order valence-corrected chi connectivity index (χ3v) is 4.52. The molecule has 0 aromatic rings. The average molecular weight is 210 g/mol. The third-order valence-electron chi connectivity index (χ3n) is 4.17. The van der Waals surface area contributed by atoms with Gasteiger partial charge in [-0.25, -0.2) is 0 Å². The number of rotatable bonds is 0. The summed E-state index contributed by atoms with van der Waals surface area (Å²) in [7, 11) is 0. The molecule has 2 saturated heterocycles. The Morgan fingerprint density at radius 1 is 1.21 bits per heavy atom. The second-order valence-electron chi connectivity index (χ2n) is 4.95. The second kappa shape index (κ2) is 3.37. The van der Waals surface area contributed by atoms with Crippen LogP contribution in [0.15, 0.2) is 0 Å². The SMILES string of the molecule is S=C1NCC2C[C@@H]3CCCCC[C@H]3N12. The van der Waals surface area contributed by atoms with Crippen molar-refractivity contribution in [1.82, 2.24) is 10.2 Å². The van der Waals surface area contributed by atoms with E-state index in [1.54, 1.807) is 0 Å². The third kappa shape index (κ3) is 1.25. The molecule has 0 bridgehead atoms. The van der Waals surface area contributed by atoms with E-state index in [2.05, 4.69) is 10.2 Å². The molecular weight excluding hydrogens is 192 g/mol. The van der Waals surface area contributed by atoms with Crippen LogP contribution in [0.1, 0.15) is 38.5 Å². The van der Waals surface area contributed by atoms with Crippen molar-refractivity contribution in [3.63, 3.8) is 0 Å². The standard InChI is InChI=1S/C11H18N2S/c14-11-12-7-9-6-8-4-2-1-3-5-10(8)13(9)11/h8-10H,1-7H2,(H,12,14)/t8-,9?,10+/m0/s1. The van der Waals surface area contributed by atoms with Gasteiger partial charge in [0.2, 0.25) is 0 Å². The van der Waals surface area contributed by atoms with Crippen molar-refractivity contribution >= 4 is 17.3 Å². The lowest BCUT2D eigenvalue weighted by Crippen LogP contribution is -2.38. The lowest BCUT2D eigenvalue weighted by Gasteiger charge is -2.26. The fraction of sp³-hybridized carbons (Fsp3) is 0.909. The highest BCUT2D eigenvalue weighted by molar-refractivity contribution is 7.80. The zero-order chi connectivity index (χ0) is 9.54. The smallest absolute Gasteiger partial charge is 0.169 e. The Morgan fingerprint density at radius 3 is 3.00 bits per heavy atom. The zero-order valence-electron chi connectivity index (χ0n) is 8.54. The predicted octanol–water partition coefficient (Wildman–Crippen LogP) is 1.90. The summed E-state index contributed by atoms with van der Waals surface area (Å²) in [5, 5.41) is 4.36. The largest absolute Gasteiger partial charge is 0.360 e. The van der Waals surface area contributed by atoms with Gasteiger partial charge in [0.05, 0.1) is 0 Å². The van der Waals surface area contributed by atoms with Gasteiger partial charge in [-0.1, -0.05) is 19.3 Å². The van der Waals surface area contributed by atoms with Crippen LogP contribution < -0.4 is 5.32 Å². The van der Waals surface area contributed by atoms with E-state index < -0.39 is 0 Å². The summed E-state index contributed by atoms with van der Waals surface area (Å²) in [6.07, 6.45) is 8.50. The molecule has 2 aliphatic heterocycles. The minimum absolute atomic E-state index is 0.732. The first-order valence-corrected chi connectivity index (χ1v) is 6.33. The summed E-state index contributed by atoms with van der Waals surface area (Å²) in [5.41, 5.74) is 0. The molecule has 3 fully saturated rings. The van der Waals surface area contributed by atoms with Gasteiger partial charge < -0.3 is 10.2 Å². The first kappa shape index (κ1) is 8.96. The van der Waals surface area contributed by atoms with Crippen LogP contribution in [0, 0.1) is 5.92 Å². The molecule has 14 heavy (non-hydrogen) atoms. The molecule has 3 aliphatic rings. The highest BCUT2D eigenvalue weighted by Crippen LogP contribution is 2.39. The van der Waals surface area contributed by atoms with Crippen LogP contribution in [-0.2, 0) is 0 Å². The molecule has 0 spiro atoms. The van der Waals surface area contributed by atoms with E-state index in [4.69, 9.17) is 12.2 Å². The molecule has 2 nitrogen and oxygen atoms in total. The Kier molecular flexibility index (Phi) is 2.15. The highest BCUT2D eigenvalue weighted by atomic mass is 32.1. The molecule has 1 N–H and O–H groups in total. The van der Waals surface area contributed by atoms with Crippen LogP contribution in [0.25, 0.3) is 0 Å². The molecular formula is C11H18N2S. The molecule has 1 unspecified atom stereocenters. The number of nitrogens with zero attached hydrogens (tertiary/aromatic N) is 1. The maximum absolute atomic E-state index is 5.38. The number of fused-ring (bicyclic) bond motifs is 3. The monoisotopic (exact) mass is 210 g/mol. The van der Waals surface area contributed by atoms with Gasteiger partial charge in [0.1, 0.15) is 0 Å². The van der Waals surface area contributed by atoms with Gasteiger partial charge in [0.15, 0.2) is 5.11 Å².